The molecule has 0 atom stereocenters. The van der Waals surface area contributed by atoms with E-state index in [2.05, 4.69) is 12.2 Å². The van der Waals surface area contributed by atoms with Crippen LogP contribution in [0.2, 0.25) is 0 Å². The molecule has 0 unspecified atom stereocenters. The molecule has 3 nitrogen and oxygen atoms in total. The standard InChI is InChI=1S/C20H26N2O/c1-2-3-4-5-6-10-16-22-20(23)19(17-21)15-11-14-18-12-8-7-9-13-18/h7-9,11-15H,2-6,10,16H2,1H3,(H,22,23)/b14-11+,19-15-. The first-order valence-corrected chi connectivity index (χ1v) is 8.39. The third kappa shape index (κ3) is 8.63. The average molecular weight is 310 g/mol. The van der Waals surface area contributed by atoms with Gasteiger partial charge in [-0.25, -0.2) is 0 Å². The molecular weight excluding hydrogens is 284 g/mol. The molecule has 0 spiro atoms. The Hall–Kier alpha value is -2.34. The number of benzene rings is 1. The van der Waals surface area contributed by atoms with E-state index in [0.717, 1.165) is 18.4 Å². The topological polar surface area (TPSA) is 52.9 Å². The predicted molar refractivity (Wildman–Crippen MR) is 95.6 cm³/mol. The number of carbonyl (C=O) groups excluding carboxylic acids is 1. The van der Waals surface area contributed by atoms with Crippen LogP contribution in [0.5, 0.6) is 0 Å². The molecule has 0 saturated carbocycles. The second-order valence-corrected chi connectivity index (χ2v) is 5.49. The number of hydrogen-bond acceptors (Lipinski definition) is 2. The van der Waals surface area contributed by atoms with Crippen molar-refractivity contribution in [2.45, 2.75) is 45.4 Å². The lowest BCUT2D eigenvalue weighted by molar-refractivity contribution is -0.117. The molecule has 1 rings (SSSR count). The number of nitriles is 1. The van der Waals surface area contributed by atoms with Crippen LogP contribution in [0.3, 0.4) is 0 Å². The van der Waals surface area contributed by atoms with Crippen LogP contribution in [-0.4, -0.2) is 12.5 Å². The third-order valence-electron chi connectivity index (χ3n) is 3.53. The van der Waals surface area contributed by atoms with Crippen molar-refractivity contribution < 1.29 is 4.79 Å². The van der Waals surface area contributed by atoms with Gasteiger partial charge in [0.25, 0.3) is 5.91 Å². The van der Waals surface area contributed by atoms with Crippen molar-refractivity contribution in [3.05, 3.63) is 53.6 Å². The number of hydrogen-bond donors (Lipinski definition) is 1. The molecule has 122 valence electrons. The summed E-state index contributed by atoms with van der Waals surface area (Å²) in [6.45, 7) is 2.83. The van der Waals surface area contributed by atoms with Crippen molar-refractivity contribution in [2.24, 2.45) is 0 Å². The number of rotatable bonds is 10. The summed E-state index contributed by atoms with van der Waals surface area (Å²) in [6, 6.07) is 11.7. The molecule has 1 aromatic rings. The van der Waals surface area contributed by atoms with Gasteiger partial charge in [-0.1, -0.05) is 81.5 Å². The normalized spacial score (nSPS) is 11.4. The van der Waals surface area contributed by atoms with Crippen molar-refractivity contribution in [3.8, 4) is 6.07 Å². The zero-order valence-electron chi connectivity index (χ0n) is 13.9. The van der Waals surface area contributed by atoms with Gasteiger partial charge in [0.2, 0.25) is 0 Å². The highest BCUT2D eigenvalue weighted by molar-refractivity contribution is 5.97. The first-order valence-electron chi connectivity index (χ1n) is 8.39. The highest BCUT2D eigenvalue weighted by Gasteiger charge is 2.06. The summed E-state index contributed by atoms with van der Waals surface area (Å²) in [4.78, 5) is 11.9. The van der Waals surface area contributed by atoms with Gasteiger partial charge in [-0.2, -0.15) is 5.26 Å². The van der Waals surface area contributed by atoms with E-state index in [4.69, 9.17) is 5.26 Å². The fourth-order valence-corrected chi connectivity index (χ4v) is 2.19. The maximum absolute atomic E-state index is 11.9. The summed E-state index contributed by atoms with van der Waals surface area (Å²) in [6.07, 6.45) is 12.3. The quantitative estimate of drug-likeness (QED) is 0.296. The van der Waals surface area contributed by atoms with Crippen LogP contribution in [0.25, 0.3) is 6.08 Å². The Balaban J connectivity index is 2.33. The van der Waals surface area contributed by atoms with Crippen LogP contribution >= 0.6 is 0 Å². The Bertz CT molecular complexity index is 553. The zero-order chi connectivity index (χ0) is 16.8. The molecule has 1 N–H and O–H groups in total. The van der Waals surface area contributed by atoms with Gasteiger partial charge < -0.3 is 5.32 Å². The minimum absolute atomic E-state index is 0.142. The summed E-state index contributed by atoms with van der Waals surface area (Å²) in [5.41, 5.74) is 1.18. The van der Waals surface area contributed by atoms with Crippen molar-refractivity contribution in [1.29, 1.82) is 5.26 Å². The second-order valence-electron chi connectivity index (χ2n) is 5.49. The van der Waals surface area contributed by atoms with Crippen LogP contribution in [-0.2, 0) is 4.79 Å². The first-order chi connectivity index (χ1) is 11.3. The molecular formula is C20H26N2O. The summed E-state index contributed by atoms with van der Waals surface area (Å²) >= 11 is 0. The average Bonchev–Trinajstić information content (AvgIpc) is 2.58. The molecule has 23 heavy (non-hydrogen) atoms. The molecule has 0 radical (unpaired) electrons. The molecule has 0 saturated heterocycles. The Kier molecular flexibility index (Phi) is 9.95. The van der Waals surface area contributed by atoms with E-state index >= 15 is 0 Å². The maximum Gasteiger partial charge on any atom is 0.261 e. The fourth-order valence-electron chi connectivity index (χ4n) is 2.19. The summed E-state index contributed by atoms with van der Waals surface area (Å²) < 4.78 is 0. The van der Waals surface area contributed by atoms with E-state index < -0.39 is 0 Å². The Morgan fingerprint density at radius 3 is 2.52 bits per heavy atom. The lowest BCUT2D eigenvalue weighted by Crippen LogP contribution is -2.25. The van der Waals surface area contributed by atoms with Crippen LogP contribution in [0.15, 0.2) is 48.1 Å². The maximum atomic E-state index is 11.9. The molecule has 3 heteroatoms. The highest BCUT2D eigenvalue weighted by Crippen LogP contribution is 2.05. The van der Waals surface area contributed by atoms with Crippen molar-refractivity contribution in [3.63, 3.8) is 0 Å². The monoisotopic (exact) mass is 310 g/mol. The van der Waals surface area contributed by atoms with E-state index in [9.17, 15) is 4.79 Å². The van der Waals surface area contributed by atoms with Gasteiger partial charge in [-0.15, -0.1) is 0 Å². The first kappa shape index (κ1) is 18.7. The van der Waals surface area contributed by atoms with Crippen molar-refractivity contribution in [1.82, 2.24) is 5.32 Å². The molecule has 0 aliphatic carbocycles. The lowest BCUT2D eigenvalue weighted by Gasteiger charge is -2.03. The number of amides is 1. The number of carbonyl (C=O) groups is 1. The third-order valence-corrected chi connectivity index (χ3v) is 3.53. The minimum Gasteiger partial charge on any atom is -0.351 e. The Morgan fingerprint density at radius 1 is 1.13 bits per heavy atom. The van der Waals surface area contributed by atoms with Gasteiger partial charge in [0.15, 0.2) is 0 Å². The molecule has 0 aliphatic rings. The van der Waals surface area contributed by atoms with E-state index in [-0.39, 0.29) is 11.5 Å². The SMILES string of the molecule is CCCCCCCCNC(=O)/C(C#N)=C\C=C\c1ccccc1. The van der Waals surface area contributed by atoms with Gasteiger partial charge in [-0.3, -0.25) is 4.79 Å². The van der Waals surface area contributed by atoms with Gasteiger partial charge >= 0.3 is 0 Å². The lowest BCUT2D eigenvalue weighted by atomic mass is 10.1. The van der Waals surface area contributed by atoms with E-state index in [1.807, 2.05) is 42.5 Å². The van der Waals surface area contributed by atoms with Crippen LogP contribution in [0.4, 0.5) is 0 Å². The number of nitrogens with zero attached hydrogens (tertiary/aromatic N) is 1. The summed E-state index contributed by atoms with van der Waals surface area (Å²) in [5, 5.41) is 11.9. The minimum atomic E-state index is -0.293. The van der Waals surface area contributed by atoms with Gasteiger partial charge in [-0.05, 0) is 18.1 Å². The van der Waals surface area contributed by atoms with Crippen molar-refractivity contribution >= 4 is 12.0 Å². The molecule has 0 bridgehead atoms. The van der Waals surface area contributed by atoms with Crippen LogP contribution in [0, 0.1) is 11.3 Å². The zero-order valence-corrected chi connectivity index (χ0v) is 13.9. The van der Waals surface area contributed by atoms with E-state index in [1.165, 1.54) is 25.7 Å². The van der Waals surface area contributed by atoms with E-state index in [0.29, 0.717) is 6.54 Å². The van der Waals surface area contributed by atoms with E-state index in [1.54, 1.807) is 12.2 Å². The fraction of sp³-hybridized carbons (Fsp3) is 0.400. The summed E-state index contributed by atoms with van der Waals surface area (Å²) in [7, 11) is 0. The molecule has 0 fully saturated rings. The number of unbranched alkanes of at least 4 members (excludes halogenated alkanes) is 5. The number of nitrogens with one attached hydrogen (secondary N) is 1. The Labute approximate surface area is 139 Å². The molecule has 0 aliphatic heterocycles. The molecule has 0 heterocycles. The smallest absolute Gasteiger partial charge is 0.261 e. The highest BCUT2D eigenvalue weighted by atomic mass is 16.1. The van der Waals surface area contributed by atoms with Gasteiger partial charge in [0.1, 0.15) is 11.6 Å². The van der Waals surface area contributed by atoms with Crippen LogP contribution in [0.1, 0.15) is 51.0 Å². The van der Waals surface area contributed by atoms with Gasteiger partial charge in [0.05, 0.1) is 0 Å². The molecule has 1 aromatic carbocycles. The molecule has 0 aromatic heterocycles. The summed E-state index contributed by atoms with van der Waals surface area (Å²) in [5.74, 6) is -0.293. The van der Waals surface area contributed by atoms with Gasteiger partial charge in [0, 0.05) is 6.54 Å². The second kappa shape index (κ2) is 12.2. The molecule has 1 amide bonds. The predicted octanol–water partition coefficient (Wildman–Crippen LogP) is 4.63. The Morgan fingerprint density at radius 2 is 1.83 bits per heavy atom. The largest absolute Gasteiger partial charge is 0.351 e. The van der Waals surface area contributed by atoms with Crippen LogP contribution < -0.4 is 5.32 Å². The number of allylic oxidation sites excluding steroid dienone is 2. The van der Waals surface area contributed by atoms with Crippen molar-refractivity contribution in [2.75, 3.05) is 6.54 Å².